The number of amides is 1. The van der Waals surface area contributed by atoms with Crippen molar-refractivity contribution in [3.63, 3.8) is 0 Å². The summed E-state index contributed by atoms with van der Waals surface area (Å²) in [5, 5.41) is 9.61. The summed E-state index contributed by atoms with van der Waals surface area (Å²) in [7, 11) is 0. The fraction of sp³-hybridized carbons (Fsp3) is 0.900. The van der Waals surface area contributed by atoms with Gasteiger partial charge in [-0.3, -0.25) is 4.79 Å². The lowest BCUT2D eigenvalue weighted by molar-refractivity contribution is -0.123. The van der Waals surface area contributed by atoms with E-state index in [0.717, 1.165) is 38.9 Å². The van der Waals surface area contributed by atoms with E-state index in [4.69, 9.17) is 0 Å². The predicted molar refractivity (Wildman–Crippen MR) is 55.1 cm³/mol. The highest BCUT2D eigenvalue weighted by Gasteiger charge is 2.24. The molecule has 0 aromatic heterocycles. The van der Waals surface area contributed by atoms with Gasteiger partial charge in [-0.1, -0.05) is 0 Å². The Morgan fingerprint density at radius 2 is 2.07 bits per heavy atom. The summed E-state index contributed by atoms with van der Waals surface area (Å²) in [5.41, 5.74) is 0. The van der Waals surface area contributed by atoms with Gasteiger partial charge >= 0.3 is 0 Å². The standard InChI is InChI=1S/C10H19N3O/c14-10(9-4-2-6-12-9)13-8-3-1-5-11-7-8/h8-9,11-12H,1-7H2,(H,13,14)/t8-,9-/m1/s1. The first kappa shape index (κ1) is 9.93. The van der Waals surface area contributed by atoms with Gasteiger partial charge in [0.1, 0.15) is 0 Å². The Balaban J connectivity index is 1.75. The van der Waals surface area contributed by atoms with Crippen molar-refractivity contribution in [2.45, 2.75) is 37.8 Å². The van der Waals surface area contributed by atoms with E-state index in [1.165, 1.54) is 6.42 Å². The minimum absolute atomic E-state index is 0.0666. The number of rotatable bonds is 2. The number of carbonyl (C=O) groups is 1. The zero-order chi connectivity index (χ0) is 9.80. The second-order valence-electron chi connectivity index (χ2n) is 4.20. The van der Waals surface area contributed by atoms with E-state index in [1.807, 2.05) is 0 Å². The maximum atomic E-state index is 11.7. The van der Waals surface area contributed by atoms with Gasteiger partial charge in [-0.15, -0.1) is 0 Å². The first-order chi connectivity index (χ1) is 6.86. The van der Waals surface area contributed by atoms with E-state index in [2.05, 4.69) is 16.0 Å². The van der Waals surface area contributed by atoms with Crippen molar-refractivity contribution in [3.05, 3.63) is 0 Å². The summed E-state index contributed by atoms with van der Waals surface area (Å²) >= 11 is 0. The molecule has 80 valence electrons. The molecule has 2 rings (SSSR count). The van der Waals surface area contributed by atoms with Gasteiger partial charge in [-0.2, -0.15) is 0 Å². The third-order valence-electron chi connectivity index (χ3n) is 3.02. The molecule has 0 radical (unpaired) electrons. The van der Waals surface area contributed by atoms with Crippen LogP contribution in [0.25, 0.3) is 0 Å². The van der Waals surface area contributed by atoms with Gasteiger partial charge in [0.2, 0.25) is 5.91 Å². The summed E-state index contributed by atoms with van der Waals surface area (Å²) in [6.45, 7) is 3.01. The SMILES string of the molecule is O=C(N[C@@H]1CCCNC1)[C@H]1CCCN1. The van der Waals surface area contributed by atoms with Crippen molar-refractivity contribution in [1.82, 2.24) is 16.0 Å². The van der Waals surface area contributed by atoms with Gasteiger partial charge in [-0.25, -0.2) is 0 Å². The molecule has 1 amide bonds. The van der Waals surface area contributed by atoms with Crippen LogP contribution in [0.15, 0.2) is 0 Å². The largest absolute Gasteiger partial charge is 0.351 e. The second-order valence-corrected chi connectivity index (χ2v) is 4.20. The summed E-state index contributed by atoms with van der Waals surface area (Å²) in [4.78, 5) is 11.7. The van der Waals surface area contributed by atoms with Crippen LogP contribution in [0, 0.1) is 0 Å². The van der Waals surface area contributed by atoms with E-state index < -0.39 is 0 Å². The van der Waals surface area contributed by atoms with Crippen molar-refractivity contribution >= 4 is 5.91 Å². The lowest BCUT2D eigenvalue weighted by Gasteiger charge is -2.25. The summed E-state index contributed by atoms with van der Waals surface area (Å²) in [5.74, 6) is 0.191. The molecule has 2 aliphatic rings. The van der Waals surface area contributed by atoms with Crippen molar-refractivity contribution < 1.29 is 4.79 Å². The molecule has 2 atom stereocenters. The van der Waals surface area contributed by atoms with Crippen LogP contribution in [0.5, 0.6) is 0 Å². The van der Waals surface area contributed by atoms with Crippen LogP contribution < -0.4 is 16.0 Å². The molecule has 2 heterocycles. The molecule has 0 bridgehead atoms. The summed E-state index contributed by atoms with van der Waals surface area (Å²) < 4.78 is 0. The molecule has 0 aliphatic carbocycles. The van der Waals surface area contributed by atoms with Gasteiger partial charge in [0.05, 0.1) is 6.04 Å². The van der Waals surface area contributed by atoms with Crippen molar-refractivity contribution in [2.24, 2.45) is 0 Å². The fourth-order valence-corrected chi connectivity index (χ4v) is 2.19. The Bertz CT molecular complexity index is 196. The molecule has 4 heteroatoms. The van der Waals surface area contributed by atoms with Crippen LogP contribution in [-0.2, 0) is 4.79 Å². The normalized spacial score (nSPS) is 32.9. The zero-order valence-corrected chi connectivity index (χ0v) is 8.51. The second kappa shape index (κ2) is 4.75. The first-order valence-corrected chi connectivity index (χ1v) is 5.61. The maximum absolute atomic E-state index is 11.7. The molecule has 14 heavy (non-hydrogen) atoms. The zero-order valence-electron chi connectivity index (χ0n) is 8.51. The highest BCUT2D eigenvalue weighted by Crippen LogP contribution is 2.07. The predicted octanol–water partition coefficient (Wildman–Crippen LogP) is -0.393. The van der Waals surface area contributed by atoms with Crippen molar-refractivity contribution in [3.8, 4) is 0 Å². The number of hydrogen-bond donors (Lipinski definition) is 3. The Kier molecular flexibility index (Phi) is 3.37. The topological polar surface area (TPSA) is 53.2 Å². The maximum Gasteiger partial charge on any atom is 0.237 e. The number of carbonyl (C=O) groups excluding carboxylic acids is 1. The lowest BCUT2D eigenvalue weighted by Crippen LogP contribution is -2.50. The minimum Gasteiger partial charge on any atom is -0.351 e. The van der Waals surface area contributed by atoms with E-state index in [0.29, 0.717) is 6.04 Å². The number of hydrogen-bond acceptors (Lipinski definition) is 3. The molecule has 0 unspecified atom stereocenters. The Morgan fingerprint density at radius 3 is 2.71 bits per heavy atom. The highest BCUT2D eigenvalue weighted by atomic mass is 16.2. The van der Waals surface area contributed by atoms with Crippen LogP contribution in [0.2, 0.25) is 0 Å². The monoisotopic (exact) mass is 197 g/mol. The lowest BCUT2D eigenvalue weighted by atomic mass is 10.1. The molecule has 0 spiro atoms. The van der Waals surface area contributed by atoms with Gasteiger partial charge in [-0.05, 0) is 38.8 Å². The molecule has 4 nitrogen and oxygen atoms in total. The molecular formula is C10H19N3O. The third-order valence-corrected chi connectivity index (χ3v) is 3.02. The summed E-state index contributed by atoms with van der Waals surface area (Å²) in [6.07, 6.45) is 4.40. The third kappa shape index (κ3) is 2.45. The van der Waals surface area contributed by atoms with E-state index >= 15 is 0 Å². The minimum atomic E-state index is 0.0666. The van der Waals surface area contributed by atoms with E-state index in [9.17, 15) is 4.79 Å². The molecule has 2 fully saturated rings. The average Bonchev–Trinajstić information content (AvgIpc) is 2.72. The number of nitrogens with one attached hydrogen (secondary N) is 3. The van der Waals surface area contributed by atoms with Crippen LogP contribution >= 0.6 is 0 Å². The smallest absolute Gasteiger partial charge is 0.237 e. The van der Waals surface area contributed by atoms with E-state index in [-0.39, 0.29) is 11.9 Å². The Morgan fingerprint density at radius 1 is 1.21 bits per heavy atom. The Hall–Kier alpha value is -0.610. The van der Waals surface area contributed by atoms with Crippen LogP contribution in [0.4, 0.5) is 0 Å². The molecule has 2 aliphatic heterocycles. The van der Waals surface area contributed by atoms with Gasteiger partial charge < -0.3 is 16.0 Å². The van der Waals surface area contributed by atoms with Gasteiger partial charge in [0.25, 0.3) is 0 Å². The Labute approximate surface area is 84.8 Å². The number of piperidine rings is 1. The molecule has 0 aromatic rings. The van der Waals surface area contributed by atoms with Crippen LogP contribution in [0.3, 0.4) is 0 Å². The van der Waals surface area contributed by atoms with Gasteiger partial charge in [0.15, 0.2) is 0 Å². The molecule has 3 N–H and O–H groups in total. The molecule has 0 aromatic carbocycles. The van der Waals surface area contributed by atoms with Gasteiger partial charge in [0, 0.05) is 12.6 Å². The van der Waals surface area contributed by atoms with Crippen LogP contribution in [0.1, 0.15) is 25.7 Å². The highest BCUT2D eigenvalue weighted by molar-refractivity contribution is 5.82. The molecular weight excluding hydrogens is 178 g/mol. The van der Waals surface area contributed by atoms with Crippen molar-refractivity contribution in [1.29, 1.82) is 0 Å². The van der Waals surface area contributed by atoms with E-state index in [1.54, 1.807) is 0 Å². The summed E-state index contributed by atoms with van der Waals surface area (Å²) in [6, 6.07) is 0.413. The van der Waals surface area contributed by atoms with Crippen molar-refractivity contribution in [2.75, 3.05) is 19.6 Å². The quantitative estimate of drug-likeness (QED) is 0.565. The fourth-order valence-electron chi connectivity index (χ4n) is 2.19. The first-order valence-electron chi connectivity index (χ1n) is 5.61. The average molecular weight is 197 g/mol. The molecule has 2 saturated heterocycles. The molecule has 0 saturated carbocycles. The van der Waals surface area contributed by atoms with Crippen LogP contribution in [-0.4, -0.2) is 37.6 Å².